The molecule has 0 spiro atoms. The highest BCUT2D eigenvalue weighted by Gasteiger charge is 2.16. The number of hydrogen-bond donors (Lipinski definition) is 0. The third-order valence-corrected chi connectivity index (χ3v) is 5.00. The van der Waals surface area contributed by atoms with Crippen LogP contribution >= 0.6 is 0 Å². The van der Waals surface area contributed by atoms with Crippen molar-refractivity contribution in [2.75, 3.05) is 20.2 Å². The number of hydrogen-bond acceptors (Lipinski definition) is 3. The minimum Gasteiger partial charge on any atom is -0.464 e. The summed E-state index contributed by atoms with van der Waals surface area (Å²) in [5.41, 5.74) is 0. The number of carbonyl (C=O) groups is 2. The average Bonchev–Trinajstić information content (AvgIpc) is 2.64. The van der Waals surface area contributed by atoms with Gasteiger partial charge in [0, 0.05) is 13.0 Å². The molecular formula is C23H45NO3. The normalized spacial score (nSPS) is 11.0. The van der Waals surface area contributed by atoms with Gasteiger partial charge in [-0.15, -0.1) is 0 Å². The highest BCUT2D eigenvalue weighted by molar-refractivity contribution is 5.82. The molecule has 4 nitrogen and oxygen atoms in total. The van der Waals surface area contributed by atoms with Crippen LogP contribution < -0.4 is 0 Å². The summed E-state index contributed by atoms with van der Waals surface area (Å²) in [5, 5.41) is 0. The van der Waals surface area contributed by atoms with Gasteiger partial charge in [-0.2, -0.15) is 0 Å². The molecule has 0 aromatic rings. The monoisotopic (exact) mass is 383 g/mol. The first kappa shape index (κ1) is 25.9. The topological polar surface area (TPSA) is 46.6 Å². The second-order valence-electron chi connectivity index (χ2n) is 8.17. The minimum absolute atomic E-state index is 0.0246. The number of nitrogens with zero attached hydrogens (tertiary/aromatic N) is 1. The molecule has 160 valence electrons. The maximum atomic E-state index is 11.7. The van der Waals surface area contributed by atoms with Crippen LogP contribution in [0.15, 0.2) is 0 Å². The van der Waals surface area contributed by atoms with Crippen LogP contribution in [0, 0.1) is 5.92 Å². The van der Waals surface area contributed by atoms with Gasteiger partial charge >= 0.3 is 5.97 Å². The zero-order valence-electron chi connectivity index (χ0n) is 18.6. The molecule has 0 saturated carbocycles. The van der Waals surface area contributed by atoms with Gasteiger partial charge in [0.1, 0.15) is 6.54 Å². The molecule has 0 bridgehead atoms. The molecule has 0 atom stereocenters. The van der Waals surface area contributed by atoms with Crippen LogP contribution in [-0.2, 0) is 14.3 Å². The second-order valence-corrected chi connectivity index (χ2v) is 8.17. The minimum atomic E-state index is -0.304. The van der Waals surface area contributed by atoms with E-state index < -0.39 is 0 Å². The van der Waals surface area contributed by atoms with Crippen molar-refractivity contribution in [1.82, 2.24) is 4.90 Å². The van der Waals surface area contributed by atoms with Crippen LogP contribution in [0.5, 0.6) is 0 Å². The fourth-order valence-electron chi connectivity index (χ4n) is 3.24. The summed E-state index contributed by atoms with van der Waals surface area (Å²) >= 11 is 0. The van der Waals surface area contributed by atoms with E-state index in [-0.39, 0.29) is 24.3 Å². The molecule has 1 amide bonds. The van der Waals surface area contributed by atoms with Crippen LogP contribution in [0.1, 0.15) is 111 Å². The molecule has 0 N–H and O–H groups in total. The molecule has 0 aliphatic carbocycles. The Hall–Kier alpha value is -1.06. The number of unbranched alkanes of at least 4 members (excludes halogenated alkanes) is 13. The Morgan fingerprint density at radius 2 is 1.15 bits per heavy atom. The maximum Gasteiger partial charge on any atom is 0.325 e. The lowest BCUT2D eigenvalue weighted by atomic mass is 10.0. The van der Waals surface area contributed by atoms with E-state index in [9.17, 15) is 9.59 Å². The zero-order valence-corrected chi connectivity index (χ0v) is 18.6. The number of ether oxygens (including phenoxy) is 1. The molecule has 0 aliphatic heterocycles. The molecule has 4 heteroatoms. The van der Waals surface area contributed by atoms with E-state index in [0.717, 1.165) is 12.8 Å². The van der Waals surface area contributed by atoms with Crippen molar-refractivity contribution in [1.29, 1.82) is 0 Å². The SMILES string of the molecule is CCCCCCCCCCCCCCCCOC(=O)CN(C)C(=O)C(C)C. The fourth-order valence-corrected chi connectivity index (χ4v) is 3.24. The summed E-state index contributed by atoms with van der Waals surface area (Å²) in [6.45, 7) is 6.46. The molecule has 0 fully saturated rings. The van der Waals surface area contributed by atoms with E-state index >= 15 is 0 Å². The molecule has 0 saturated heterocycles. The number of carbonyl (C=O) groups excluding carboxylic acids is 2. The van der Waals surface area contributed by atoms with Gasteiger partial charge < -0.3 is 9.64 Å². The van der Waals surface area contributed by atoms with Gasteiger partial charge in [0.05, 0.1) is 6.61 Å². The summed E-state index contributed by atoms with van der Waals surface area (Å²) in [6, 6.07) is 0. The summed E-state index contributed by atoms with van der Waals surface area (Å²) < 4.78 is 5.22. The lowest BCUT2D eigenvalue weighted by molar-refractivity contribution is -0.149. The van der Waals surface area contributed by atoms with E-state index in [0.29, 0.717) is 6.61 Å². The van der Waals surface area contributed by atoms with Crippen molar-refractivity contribution in [3.05, 3.63) is 0 Å². The summed E-state index contributed by atoms with van der Waals surface area (Å²) in [7, 11) is 1.65. The fraction of sp³-hybridized carbons (Fsp3) is 0.913. The Morgan fingerprint density at radius 1 is 0.741 bits per heavy atom. The second kappa shape index (κ2) is 18.3. The highest BCUT2D eigenvalue weighted by atomic mass is 16.5. The molecule has 0 aromatic heterocycles. The van der Waals surface area contributed by atoms with Gasteiger partial charge in [0.25, 0.3) is 0 Å². The predicted octanol–water partition coefficient (Wildman–Crippen LogP) is 6.13. The third-order valence-electron chi connectivity index (χ3n) is 5.00. The third kappa shape index (κ3) is 16.8. The average molecular weight is 384 g/mol. The summed E-state index contributed by atoms with van der Waals surface area (Å²) in [5.74, 6) is -0.418. The van der Waals surface area contributed by atoms with Crippen molar-refractivity contribution < 1.29 is 14.3 Å². The van der Waals surface area contributed by atoms with Crippen LogP contribution in [0.25, 0.3) is 0 Å². The molecule has 0 radical (unpaired) electrons. The molecule has 0 heterocycles. The first-order valence-electron chi connectivity index (χ1n) is 11.4. The largest absolute Gasteiger partial charge is 0.464 e. The first-order valence-corrected chi connectivity index (χ1v) is 11.4. The highest BCUT2D eigenvalue weighted by Crippen LogP contribution is 2.13. The van der Waals surface area contributed by atoms with E-state index in [2.05, 4.69) is 6.92 Å². The molecular weight excluding hydrogens is 338 g/mol. The Morgan fingerprint density at radius 3 is 1.56 bits per heavy atom. The Labute approximate surface area is 168 Å². The van der Waals surface area contributed by atoms with E-state index in [1.807, 2.05) is 13.8 Å². The van der Waals surface area contributed by atoms with Crippen molar-refractivity contribution in [3.8, 4) is 0 Å². The quantitative estimate of drug-likeness (QED) is 0.211. The first-order chi connectivity index (χ1) is 13.0. The van der Waals surface area contributed by atoms with Crippen molar-refractivity contribution in [2.24, 2.45) is 5.92 Å². The Balaban J connectivity index is 3.31. The van der Waals surface area contributed by atoms with E-state index in [1.165, 1.54) is 81.9 Å². The van der Waals surface area contributed by atoms with Crippen LogP contribution in [0.3, 0.4) is 0 Å². The zero-order chi connectivity index (χ0) is 20.3. The number of likely N-dealkylation sites (N-methyl/N-ethyl adjacent to an activating group) is 1. The van der Waals surface area contributed by atoms with Gasteiger partial charge in [-0.05, 0) is 6.42 Å². The summed E-state index contributed by atoms with van der Waals surface area (Å²) in [6.07, 6.45) is 18.4. The standard InChI is InChI=1S/C23H45NO3/c1-5-6-7-8-9-10-11-12-13-14-15-16-17-18-19-27-22(25)20-24(4)23(26)21(2)3/h21H,5-20H2,1-4H3. The smallest absolute Gasteiger partial charge is 0.325 e. The van der Waals surface area contributed by atoms with Crippen LogP contribution in [-0.4, -0.2) is 37.0 Å². The number of rotatable bonds is 18. The van der Waals surface area contributed by atoms with E-state index in [4.69, 9.17) is 4.74 Å². The van der Waals surface area contributed by atoms with Crippen molar-refractivity contribution in [2.45, 2.75) is 111 Å². The van der Waals surface area contributed by atoms with Gasteiger partial charge in [0.2, 0.25) is 5.91 Å². The molecule has 0 aromatic carbocycles. The van der Waals surface area contributed by atoms with Gasteiger partial charge in [-0.1, -0.05) is 104 Å². The van der Waals surface area contributed by atoms with Gasteiger partial charge in [-0.25, -0.2) is 0 Å². The molecule has 27 heavy (non-hydrogen) atoms. The summed E-state index contributed by atoms with van der Waals surface area (Å²) in [4.78, 5) is 24.9. The predicted molar refractivity (Wildman–Crippen MR) is 114 cm³/mol. The lowest BCUT2D eigenvalue weighted by Gasteiger charge is -2.18. The maximum absolute atomic E-state index is 11.7. The number of amides is 1. The van der Waals surface area contributed by atoms with Crippen LogP contribution in [0.4, 0.5) is 0 Å². The van der Waals surface area contributed by atoms with Crippen LogP contribution in [0.2, 0.25) is 0 Å². The van der Waals surface area contributed by atoms with E-state index in [1.54, 1.807) is 7.05 Å². The Bertz CT molecular complexity index is 369. The molecule has 0 aliphatic rings. The molecule has 0 rings (SSSR count). The number of esters is 1. The lowest BCUT2D eigenvalue weighted by Crippen LogP contribution is -2.35. The molecule has 0 unspecified atom stereocenters. The van der Waals surface area contributed by atoms with Gasteiger partial charge in [0.15, 0.2) is 0 Å². The van der Waals surface area contributed by atoms with Gasteiger partial charge in [-0.3, -0.25) is 9.59 Å². The van der Waals surface area contributed by atoms with Crippen molar-refractivity contribution >= 4 is 11.9 Å². The van der Waals surface area contributed by atoms with Crippen molar-refractivity contribution in [3.63, 3.8) is 0 Å². The Kier molecular flexibility index (Phi) is 17.6.